The van der Waals surface area contributed by atoms with Crippen molar-refractivity contribution in [3.05, 3.63) is 42.0 Å². The monoisotopic (exact) mass is 285 g/mol. The number of phenolic OH excluding ortho intramolecular Hbond substituents is 1. The minimum atomic E-state index is -0.186. The standard InChI is InChI=1S/C18H23NO2/c1-12(19-14-6-4-7-15(20)11-14)16-10-9-13-5-2-3-8-17(13)18(16)21/h2-3,5,8-10,12,14-15,19-21H,4,6-7,11H2,1H3. The first-order valence-electron chi connectivity index (χ1n) is 7.80. The van der Waals surface area contributed by atoms with Gasteiger partial charge in [-0.1, -0.05) is 36.4 Å². The fourth-order valence-electron chi connectivity index (χ4n) is 3.38. The molecule has 1 fully saturated rings. The second-order valence-electron chi connectivity index (χ2n) is 6.13. The molecule has 3 N–H and O–H groups in total. The lowest BCUT2D eigenvalue weighted by Crippen LogP contribution is -2.37. The average Bonchev–Trinajstić information content (AvgIpc) is 2.48. The summed E-state index contributed by atoms with van der Waals surface area (Å²) in [5.41, 5.74) is 0.925. The molecule has 0 bridgehead atoms. The molecule has 0 aromatic heterocycles. The molecular formula is C18H23NO2. The van der Waals surface area contributed by atoms with Crippen LogP contribution < -0.4 is 5.32 Å². The van der Waals surface area contributed by atoms with E-state index in [2.05, 4.69) is 18.3 Å². The topological polar surface area (TPSA) is 52.5 Å². The number of aliphatic hydroxyl groups is 1. The third-order valence-electron chi connectivity index (χ3n) is 4.53. The Labute approximate surface area is 125 Å². The van der Waals surface area contributed by atoms with Gasteiger partial charge in [0.15, 0.2) is 0 Å². The summed E-state index contributed by atoms with van der Waals surface area (Å²) in [4.78, 5) is 0. The Bertz CT molecular complexity index is 626. The summed E-state index contributed by atoms with van der Waals surface area (Å²) < 4.78 is 0. The van der Waals surface area contributed by atoms with Crippen LogP contribution >= 0.6 is 0 Å². The van der Waals surface area contributed by atoms with E-state index in [4.69, 9.17) is 0 Å². The number of aromatic hydroxyl groups is 1. The minimum Gasteiger partial charge on any atom is -0.507 e. The molecule has 3 atom stereocenters. The lowest BCUT2D eigenvalue weighted by molar-refractivity contribution is 0.109. The summed E-state index contributed by atoms with van der Waals surface area (Å²) in [6.07, 6.45) is 3.69. The number of nitrogens with one attached hydrogen (secondary N) is 1. The predicted octanol–water partition coefficient (Wildman–Crippen LogP) is 3.50. The van der Waals surface area contributed by atoms with Crippen LogP contribution in [0.15, 0.2) is 36.4 Å². The summed E-state index contributed by atoms with van der Waals surface area (Å²) in [7, 11) is 0. The summed E-state index contributed by atoms with van der Waals surface area (Å²) in [5.74, 6) is 0.365. The van der Waals surface area contributed by atoms with E-state index in [1.54, 1.807) is 0 Å². The van der Waals surface area contributed by atoms with Crippen molar-refractivity contribution in [1.29, 1.82) is 0 Å². The van der Waals surface area contributed by atoms with Gasteiger partial charge in [-0.25, -0.2) is 0 Å². The molecule has 1 aliphatic carbocycles. The molecule has 0 aliphatic heterocycles. The molecule has 0 radical (unpaired) electrons. The van der Waals surface area contributed by atoms with Crippen LogP contribution in [0.1, 0.15) is 44.2 Å². The first-order valence-corrected chi connectivity index (χ1v) is 7.80. The Morgan fingerprint density at radius 3 is 2.76 bits per heavy atom. The fourth-order valence-corrected chi connectivity index (χ4v) is 3.38. The zero-order valence-corrected chi connectivity index (χ0v) is 12.4. The number of fused-ring (bicyclic) bond motifs is 1. The normalized spacial score (nSPS) is 24.1. The molecular weight excluding hydrogens is 262 g/mol. The third-order valence-corrected chi connectivity index (χ3v) is 4.53. The lowest BCUT2D eigenvalue weighted by Gasteiger charge is -2.30. The number of aliphatic hydroxyl groups excluding tert-OH is 1. The van der Waals surface area contributed by atoms with Crippen molar-refractivity contribution in [1.82, 2.24) is 5.32 Å². The molecule has 3 rings (SSSR count). The lowest BCUT2D eigenvalue weighted by atomic mass is 9.91. The van der Waals surface area contributed by atoms with Crippen molar-refractivity contribution in [2.45, 2.75) is 50.8 Å². The molecule has 3 nitrogen and oxygen atoms in total. The van der Waals surface area contributed by atoms with Crippen LogP contribution in [0.4, 0.5) is 0 Å². The third kappa shape index (κ3) is 3.04. The van der Waals surface area contributed by atoms with Crippen molar-refractivity contribution in [2.24, 2.45) is 0 Å². The van der Waals surface area contributed by atoms with Crippen molar-refractivity contribution in [3.63, 3.8) is 0 Å². The molecule has 21 heavy (non-hydrogen) atoms. The van der Waals surface area contributed by atoms with Gasteiger partial charge in [-0.15, -0.1) is 0 Å². The highest BCUT2D eigenvalue weighted by Gasteiger charge is 2.22. The largest absolute Gasteiger partial charge is 0.507 e. The molecule has 0 heterocycles. The summed E-state index contributed by atoms with van der Waals surface area (Å²) in [6, 6.07) is 12.3. The highest BCUT2D eigenvalue weighted by atomic mass is 16.3. The second kappa shape index (κ2) is 6.04. The maximum absolute atomic E-state index is 10.5. The Hall–Kier alpha value is -1.58. The molecule has 3 unspecified atom stereocenters. The predicted molar refractivity (Wildman–Crippen MR) is 85.4 cm³/mol. The first-order chi connectivity index (χ1) is 10.1. The number of hydrogen-bond acceptors (Lipinski definition) is 3. The second-order valence-corrected chi connectivity index (χ2v) is 6.13. The van der Waals surface area contributed by atoms with Crippen LogP contribution in [-0.4, -0.2) is 22.4 Å². The summed E-state index contributed by atoms with van der Waals surface area (Å²) >= 11 is 0. The van der Waals surface area contributed by atoms with Crippen LogP contribution in [-0.2, 0) is 0 Å². The number of phenols is 1. The zero-order valence-electron chi connectivity index (χ0n) is 12.4. The van der Waals surface area contributed by atoms with E-state index < -0.39 is 0 Å². The van der Waals surface area contributed by atoms with E-state index >= 15 is 0 Å². The van der Waals surface area contributed by atoms with Gasteiger partial charge in [0.25, 0.3) is 0 Å². The van der Waals surface area contributed by atoms with Crippen LogP contribution in [0.2, 0.25) is 0 Å². The maximum atomic E-state index is 10.5. The Kier molecular flexibility index (Phi) is 4.13. The van der Waals surface area contributed by atoms with Gasteiger partial charge >= 0.3 is 0 Å². The van der Waals surface area contributed by atoms with Crippen LogP contribution in [0.25, 0.3) is 10.8 Å². The van der Waals surface area contributed by atoms with Gasteiger partial charge in [-0.2, -0.15) is 0 Å². The molecule has 1 aliphatic rings. The number of rotatable bonds is 3. The van der Waals surface area contributed by atoms with E-state index in [0.29, 0.717) is 11.8 Å². The minimum absolute atomic E-state index is 0.0740. The molecule has 0 amide bonds. The van der Waals surface area contributed by atoms with E-state index in [1.165, 1.54) is 0 Å². The average molecular weight is 285 g/mol. The van der Waals surface area contributed by atoms with Gasteiger partial charge < -0.3 is 15.5 Å². The van der Waals surface area contributed by atoms with E-state index in [1.807, 2.05) is 30.3 Å². The van der Waals surface area contributed by atoms with Crippen molar-refractivity contribution < 1.29 is 10.2 Å². The van der Waals surface area contributed by atoms with E-state index in [9.17, 15) is 10.2 Å². The molecule has 0 spiro atoms. The molecule has 2 aromatic rings. The van der Waals surface area contributed by atoms with Crippen LogP contribution in [0, 0.1) is 0 Å². The van der Waals surface area contributed by atoms with Crippen molar-refractivity contribution in [2.75, 3.05) is 0 Å². The Balaban J connectivity index is 1.81. The summed E-state index contributed by atoms with van der Waals surface area (Å²) in [5, 5.41) is 25.8. The van der Waals surface area contributed by atoms with Crippen molar-refractivity contribution >= 4 is 10.8 Å². The molecule has 2 aromatic carbocycles. The van der Waals surface area contributed by atoms with Gasteiger partial charge in [-0.05, 0) is 38.0 Å². The van der Waals surface area contributed by atoms with E-state index in [0.717, 1.165) is 42.0 Å². The molecule has 1 saturated carbocycles. The molecule has 0 saturated heterocycles. The van der Waals surface area contributed by atoms with Gasteiger partial charge in [0.1, 0.15) is 5.75 Å². The molecule has 3 heteroatoms. The molecule has 112 valence electrons. The van der Waals surface area contributed by atoms with Gasteiger partial charge in [0, 0.05) is 23.0 Å². The van der Waals surface area contributed by atoms with Gasteiger partial charge in [0.05, 0.1) is 6.10 Å². The van der Waals surface area contributed by atoms with E-state index in [-0.39, 0.29) is 12.1 Å². The van der Waals surface area contributed by atoms with Crippen LogP contribution in [0.3, 0.4) is 0 Å². The quantitative estimate of drug-likeness (QED) is 0.809. The van der Waals surface area contributed by atoms with Gasteiger partial charge in [0.2, 0.25) is 0 Å². The zero-order chi connectivity index (χ0) is 14.8. The first kappa shape index (κ1) is 14.4. The maximum Gasteiger partial charge on any atom is 0.128 e. The SMILES string of the molecule is CC(NC1CCCC(O)C1)c1ccc2ccccc2c1O. The summed E-state index contributed by atoms with van der Waals surface area (Å²) in [6.45, 7) is 2.07. The van der Waals surface area contributed by atoms with Crippen molar-refractivity contribution in [3.8, 4) is 5.75 Å². The Morgan fingerprint density at radius 1 is 1.14 bits per heavy atom. The van der Waals surface area contributed by atoms with Crippen LogP contribution in [0.5, 0.6) is 5.75 Å². The fraction of sp³-hybridized carbons (Fsp3) is 0.444. The number of hydrogen-bond donors (Lipinski definition) is 3. The number of benzene rings is 2. The Morgan fingerprint density at radius 2 is 1.95 bits per heavy atom. The highest BCUT2D eigenvalue weighted by molar-refractivity contribution is 5.89. The highest BCUT2D eigenvalue weighted by Crippen LogP contribution is 2.33. The van der Waals surface area contributed by atoms with Gasteiger partial charge in [-0.3, -0.25) is 0 Å². The smallest absolute Gasteiger partial charge is 0.128 e.